The first-order valence-corrected chi connectivity index (χ1v) is 10.2. The van der Waals surface area contributed by atoms with Crippen LogP contribution in [0.2, 0.25) is 0 Å². The van der Waals surface area contributed by atoms with Crippen LogP contribution in [-0.4, -0.2) is 45.1 Å². The molecule has 134 valence electrons. The zero-order valence-electron chi connectivity index (χ0n) is 14.0. The van der Waals surface area contributed by atoms with Gasteiger partial charge in [0, 0.05) is 26.1 Å². The third-order valence-electron chi connectivity index (χ3n) is 4.33. The number of nitrogens with one attached hydrogen (secondary N) is 1. The minimum Gasteiger partial charge on any atom is -0.342 e. The number of aryl methyl sites for hydroxylation is 1. The molecule has 1 N–H and O–H groups in total. The van der Waals surface area contributed by atoms with E-state index in [0.29, 0.717) is 5.92 Å². The molecule has 0 saturated carbocycles. The van der Waals surface area contributed by atoms with Crippen molar-refractivity contribution in [2.75, 3.05) is 25.9 Å². The SMILES string of the molecule is CS(=O)(=O)NCCC(=O)N1CCC[C@@H](CCc2ccc(F)cc2)C1. The number of amides is 1. The number of rotatable bonds is 7. The normalized spacial score (nSPS) is 18.6. The maximum atomic E-state index is 12.9. The summed E-state index contributed by atoms with van der Waals surface area (Å²) < 4.78 is 37.3. The van der Waals surface area contributed by atoms with Gasteiger partial charge in [-0.2, -0.15) is 0 Å². The van der Waals surface area contributed by atoms with Crippen molar-refractivity contribution >= 4 is 15.9 Å². The van der Waals surface area contributed by atoms with Crippen molar-refractivity contribution in [3.8, 4) is 0 Å². The molecular formula is C17H25FN2O3S. The lowest BCUT2D eigenvalue weighted by atomic mass is 9.91. The maximum Gasteiger partial charge on any atom is 0.223 e. The second kappa shape index (κ2) is 8.58. The molecule has 0 bridgehead atoms. The summed E-state index contributed by atoms with van der Waals surface area (Å²) in [5.41, 5.74) is 1.11. The Morgan fingerprint density at radius 1 is 1.33 bits per heavy atom. The summed E-state index contributed by atoms with van der Waals surface area (Å²) in [7, 11) is -3.25. The number of hydrogen-bond acceptors (Lipinski definition) is 3. The lowest BCUT2D eigenvalue weighted by Crippen LogP contribution is -2.41. The van der Waals surface area contributed by atoms with Crippen LogP contribution < -0.4 is 4.72 Å². The number of nitrogens with zero attached hydrogens (tertiary/aromatic N) is 1. The number of benzene rings is 1. The van der Waals surface area contributed by atoms with Crippen LogP contribution >= 0.6 is 0 Å². The van der Waals surface area contributed by atoms with E-state index in [4.69, 9.17) is 0 Å². The highest BCUT2D eigenvalue weighted by atomic mass is 32.2. The Morgan fingerprint density at radius 3 is 2.71 bits per heavy atom. The molecule has 1 aliphatic rings. The summed E-state index contributed by atoms with van der Waals surface area (Å²) in [4.78, 5) is 14.0. The van der Waals surface area contributed by atoms with E-state index in [1.165, 1.54) is 12.1 Å². The van der Waals surface area contributed by atoms with Crippen molar-refractivity contribution in [2.24, 2.45) is 5.92 Å². The molecule has 7 heteroatoms. The molecule has 0 aromatic heterocycles. The average Bonchev–Trinajstić information content (AvgIpc) is 2.53. The van der Waals surface area contributed by atoms with Crippen LogP contribution in [0.15, 0.2) is 24.3 Å². The number of likely N-dealkylation sites (tertiary alicyclic amines) is 1. The predicted octanol–water partition coefficient (Wildman–Crippen LogP) is 1.94. The van der Waals surface area contributed by atoms with E-state index in [2.05, 4.69) is 4.72 Å². The number of sulfonamides is 1. The maximum absolute atomic E-state index is 12.9. The summed E-state index contributed by atoms with van der Waals surface area (Å²) in [5, 5.41) is 0. The summed E-state index contributed by atoms with van der Waals surface area (Å²) in [6, 6.07) is 6.55. The Kier molecular flexibility index (Phi) is 6.74. The van der Waals surface area contributed by atoms with Crippen LogP contribution in [0.25, 0.3) is 0 Å². The van der Waals surface area contributed by atoms with Gasteiger partial charge in [-0.15, -0.1) is 0 Å². The zero-order valence-corrected chi connectivity index (χ0v) is 14.8. The van der Waals surface area contributed by atoms with Gasteiger partial charge < -0.3 is 4.90 Å². The third-order valence-corrected chi connectivity index (χ3v) is 5.06. The van der Waals surface area contributed by atoms with Gasteiger partial charge >= 0.3 is 0 Å². The number of carbonyl (C=O) groups excluding carboxylic acids is 1. The van der Waals surface area contributed by atoms with Crippen LogP contribution in [0, 0.1) is 11.7 Å². The Hall–Kier alpha value is -1.47. The standard InChI is InChI=1S/C17H25FN2O3S/c1-24(22,23)19-11-10-17(21)20-12-2-3-15(13-20)5-4-14-6-8-16(18)9-7-14/h6-9,15,19H,2-5,10-13H2,1H3/t15-/m0/s1. The van der Waals surface area contributed by atoms with Crippen molar-refractivity contribution in [3.63, 3.8) is 0 Å². The molecule has 0 unspecified atom stereocenters. The number of hydrogen-bond donors (Lipinski definition) is 1. The van der Waals surface area contributed by atoms with Crippen LogP contribution in [0.3, 0.4) is 0 Å². The quantitative estimate of drug-likeness (QED) is 0.812. The number of piperidine rings is 1. The smallest absolute Gasteiger partial charge is 0.223 e. The van der Waals surface area contributed by atoms with Gasteiger partial charge in [-0.25, -0.2) is 17.5 Å². The lowest BCUT2D eigenvalue weighted by molar-refractivity contribution is -0.132. The van der Waals surface area contributed by atoms with Gasteiger partial charge in [0.2, 0.25) is 15.9 Å². The molecule has 1 aliphatic heterocycles. The second-order valence-corrected chi connectivity index (χ2v) is 8.26. The Labute approximate surface area is 143 Å². The van der Waals surface area contributed by atoms with Crippen LogP contribution in [-0.2, 0) is 21.2 Å². The molecule has 2 rings (SSSR count). The summed E-state index contributed by atoms with van der Waals surface area (Å²) in [6.45, 7) is 1.61. The summed E-state index contributed by atoms with van der Waals surface area (Å²) >= 11 is 0. The van der Waals surface area contributed by atoms with E-state index in [0.717, 1.165) is 50.6 Å². The molecule has 1 fully saturated rings. The van der Waals surface area contributed by atoms with E-state index in [1.54, 1.807) is 12.1 Å². The minimum atomic E-state index is -3.25. The van der Waals surface area contributed by atoms with Gasteiger partial charge in [0.15, 0.2) is 0 Å². The number of carbonyl (C=O) groups is 1. The average molecular weight is 356 g/mol. The Balaban J connectivity index is 1.76. The highest BCUT2D eigenvalue weighted by molar-refractivity contribution is 7.88. The fourth-order valence-corrected chi connectivity index (χ4v) is 3.52. The Bertz CT molecular complexity index is 646. The molecule has 1 heterocycles. The molecular weight excluding hydrogens is 331 g/mol. The van der Waals surface area contributed by atoms with Crippen LogP contribution in [0.4, 0.5) is 4.39 Å². The van der Waals surface area contributed by atoms with Crippen molar-refractivity contribution < 1.29 is 17.6 Å². The molecule has 1 saturated heterocycles. The molecule has 1 amide bonds. The molecule has 5 nitrogen and oxygen atoms in total. The molecule has 1 aromatic carbocycles. The van der Waals surface area contributed by atoms with Gasteiger partial charge in [-0.3, -0.25) is 4.79 Å². The summed E-state index contributed by atoms with van der Waals surface area (Å²) in [6.07, 6.45) is 5.19. The van der Waals surface area contributed by atoms with Crippen molar-refractivity contribution in [3.05, 3.63) is 35.6 Å². The molecule has 0 radical (unpaired) electrons. The van der Waals surface area contributed by atoms with Crippen molar-refractivity contribution in [2.45, 2.75) is 32.1 Å². The topological polar surface area (TPSA) is 66.5 Å². The summed E-state index contributed by atoms with van der Waals surface area (Å²) in [5.74, 6) is 0.212. The van der Waals surface area contributed by atoms with E-state index >= 15 is 0 Å². The molecule has 0 aliphatic carbocycles. The first-order chi connectivity index (χ1) is 11.3. The molecule has 24 heavy (non-hydrogen) atoms. The predicted molar refractivity (Wildman–Crippen MR) is 91.5 cm³/mol. The second-order valence-electron chi connectivity index (χ2n) is 6.43. The number of halogens is 1. The van der Waals surface area contributed by atoms with E-state index in [-0.39, 0.29) is 24.7 Å². The highest BCUT2D eigenvalue weighted by Crippen LogP contribution is 2.22. The van der Waals surface area contributed by atoms with Crippen LogP contribution in [0.1, 0.15) is 31.2 Å². The van der Waals surface area contributed by atoms with Gasteiger partial charge in [0.25, 0.3) is 0 Å². The van der Waals surface area contributed by atoms with Gasteiger partial charge in [-0.1, -0.05) is 12.1 Å². The van der Waals surface area contributed by atoms with E-state index < -0.39 is 10.0 Å². The Morgan fingerprint density at radius 2 is 2.04 bits per heavy atom. The zero-order chi connectivity index (χ0) is 17.6. The molecule has 0 spiro atoms. The molecule has 1 aromatic rings. The monoisotopic (exact) mass is 356 g/mol. The van der Waals surface area contributed by atoms with E-state index in [1.807, 2.05) is 4.90 Å². The first kappa shape index (κ1) is 18.9. The largest absolute Gasteiger partial charge is 0.342 e. The third kappa shape index (κ3) is 6.57. The van der Waals surface area contributed by atoms with Gasteiger partial charge in [0.1, 0.15) is 5.82 Å². The fourth-order valence-electron chi connectivity index (χ4n) is 3.05. The van der Waals surface area contributed by atoms with Crippen molar-refractivity contribution in [1.82, 2.24) is 9.62 Å². The van der Waals surface area contributed by atoms with Crippen LogP contribution in [0.5, 0.6) is 0 Å². The first-order valence-electron chi connectivity index (χ1n) is 8.30. The van der Waals surface area contributed by atoms with E-state index in [9.17, 15) is 17.6 Å². The minimum absolute atomic E-state index is 0.00219. The fraction of sp³-hybridized carbons (Fsp3) is 0.588. The highest BCUT2D eigenvalue weighted by Gasteiger charge is 2.23. The van der Waals surface area contributed by atoms with Gasteiger partial charge in [-0.05, 0) is 49.3 Å². The molecule has 1 atom stereocenters. The lowest BCUT2D eigenvalue weighted by Gasteiger charge is -2.33. The van der Waals surface area contributed by atoms with Gasteiger partial charge in [0.05, 0.1) is 6.26 Å². The van der Waals surface area contributed by atoms with Crippen molar-refractivity contribution in [1.29, 1.82) is 0 Å².